The SMILES string of the molecule is O=C(O[C@H]1CCCC[C@H]1O)c1cccnc1. The number of aliphatic hydroxyl groups is 1. The van der Waals surface area contributed by atoms with Crippen molar-refractivity contribution in [3.63, 3.8) is 0 Å². The number of hydrogen-bond acceptors (Lipinski definition) is 4. The Morgan fingerprint density at radius 1 is 1.44 bits per heavy atom. The molecule has 2 rings (SSSR count). The molecule has 4 heteroatoms. The predicted molar refractivity (Wildman–Crippen MR) is 57.9 cm³/mol. The predicted octanol–water partition coefficient (Wildman–Crippen LogP) is 1.54. The Bertz CT molecular complexity index is 353. The fourth-order valence-electron chi connectivity index (χ4n) is 1.90. The molecule has 1 fully saturated rings. The molecule has 0 bridgehead atoms. The fraction of sp³-hybridized carbons (Fsp3) is 0.500. The second-order valence-electron chi connectivity index (χ2n) is 4.04. The van der Waals surface area contributed by atoms with Crippen molar-refractivity contribution in [1.29, 1.82) is 0 Å². The highest BCUT2D eigenvalue weighted by atomic mass is 16.6. The number of esters is 1. The van der Waals surface area contributed by atoms with Gasteiger partial charge in [0.25, 0.3) is 0 Å². The van der Waals surface area contributed by atoms with Gasteiger partial charge in [0, 0.05) is 12.4 Å². The first kappa shape index (κ1) is 11.1. The second kappa shape index (κ2) is 5.07. The van der Waals surface area contributed by atoms with Gasteiger partial charge in [-0.3, -0.25) is 4.98 Å². The maximum Gasteiger partial charge on any atom is 0.340 e. The summed E-state index contributed by atoms with van der Waals surface area (Å²) in [5, 5.41) is 9.67. The van der Waals surface area contributed by atoms with Gasteiger partial charge in [0.15, 0.2) is 0 Å². The third-order valence-electron chi connectivity index (χ3n) is 2.82. The van der Waals surface area contributed by atoms with E-state index in [-0.39, 0.29) is 6.10 Å². The maximum absolute atomic E-state index is 11.7. The molecule has 1 aliphatic carbocycles. The first-order valence-electron chi connectivity index (χ1n) is 5.56. The molecule has 1 aliphatic rings. The molecule has 0 aromatic carbocycles. The molecule has 1 aromatic heterocycles. The van der Waals surface area contributed by atoms with Gasteiger partial charge >= 0.3 is 5.97 Å². The monoisotopic (exact) mass is 221 g/mol. The summed E-state index contributed by atoms with van der Waals surface area (Å²) >= 11 is 0. The lowest BCUT2D eigenvalue weighted by Crippen LogP contribution is -2.34. The zero-order valence-corrected chi connectivity index (χ0v) is 9.00. The van der Waals surface area contributed by atoms with E-state index in [0.29, 0.717) is 12.0 Å². The highest BCUT2D eigenvalue weighted by Crippen LogP contribution is 2.21. The third kappa shape index (κ3) is 2.58. The lowest BCUT2D eigenvalue weighted by Gasteiger charge is -2.27. The third-order valence-corrected chi connectivity index (χ3v) is 2.82. The van der Waals surface area contributed by atoms with Crippen LogP contribution in [0.1, 0.15) is 36.0 Å². The Morgan fingerprint density at radius 2 is 2.25 bits per heavy atom. The number of aliphatic hydroxyl groups excluding tert-OH is 1. The van der Waals surface area contributed by atoms with Gasteiger partial charge in [-0.2, -0.15) is 0 Å². The molecule has 2 atom stereocenters. The molecule has 16 heavy (non-hydrogen) atoms. The van der Waals surface area contributed by atoms with Crippen molar-refractivity contribution in [2.75, 3.05) is 0 Å². The van der Waals surface area contributed by atoms with E-state index in [9.17, 15) is 9.90 Å². The van der Waals surface area contributed by atoms with E-state index in [1.165, 1.54) is 6.20 Å². The average Bonchev–Trinajstić information content (AvgIpc) is 2.33. The normalized spacial score (nSPS) is 25.1. The molecular formula is C12H15NO3. The molecule has 1 heterocycles. The number of nitrogens with zero attached hydrogens (tertiary/aromatic N) is 1. The maximum atomic E-state index is 11.7. The second-order valence-corrected chi connectivity index (χ2v) is 4.04. The van der Waals surface area contributed by atoms with E-state index >= 15 is 0 Å². The van der Waals surface area contributed by atoms with Gasteiger partial charge in [-0.05, 0) is 31.4 Å². The smallest absolute Gasteiger partial charge is 0.340 e. The molecule has 0 saturated heterocycles. The molecule has 0 amide bonds. The molecule has 0 spiro atoms. The topological polar surface area (TPSA) is 59.4 Å². The van der Waals surface area contributed by atoms with Crippen molar-refractivity contribution in [3.05, 3.63) is 30.1 Å². The van der Waals surface area contributed by atoms with E-state index in [2.05, 4.69) is 4.98 Å². The molecule has 0 unspecified atom stereocenters. The number of pyridine rings is 1. The van der Waals surface area contributed by atoms with E-state index in [0.717, 1.165) is 19.3 Å². The summed E-state index contributed by atoms with van der Waals surface area (Å²) in [6.45, 7) is 0. The summed E-state index contributed by atoms with van der Waals surface area (Å²) < 4.78 is 5.26. The highest BCUT2D eigenvalue weighted by molar-refractivity contribution is 5.89. The number of aromatic nitrogens is 1. The zero-order valence-electron chi connectivity index (χ0n) is 9.00. The summed E-state index contributed by atoms with van der Waals surface area (Å²) in [5.74, 6) is -0.404. The lowest BCUT2D eigenvalue weighted by molar-refractivity contribution is -0.0361. The highest BCUT2D eigenvalue weighted by Gasteiger charge is 2.26. The molecular weight excluding hydrogens is 206 g/mol. The van der Waals surface area contributed by atoms with Gasteiger partial charge in [0.05, 0.1) is 11.7 Å². The van der Waals surface area contributed by atoms with Gasteiger partial charge in [0.2, 0.25) is 0 Å². The van der Waals surface area contributed by atoms with Crippen molar-refractivity contribution >= 4 is 5.97 Å². The molecule has 1 saturated carbocycles. The summed E-state index contributed by atoms with van der Waals surface area (Å²) in [6.07, 6.45) is 5.65. The van der Waals surface area contributed by atoms with Crippen LogP contribution in [0.5, 0.6) is 0 Å². The number of carbonyl (C=O) groups is 1. The number of rotatable bonds is 2. The van der Waals surface area contributed by atoms with Gasteiger partial charge < -0.3 is 9.84 Å². The van der Waals surface area contributed by atoms with Gasteiger partial charge in [-0.1, -0.05) is 6.42 Å². The molecule has 1 N–H and O–H groups in total. The quantitative estimate of drug-likeness (QED) is 0.769. The van der Waals surface area contributed by atoms with Crippen LogP contribution in [-0.2, 0) is 4.74 Å². The van der Waals surface area contributed by atoms with Crippen LogP contribution in [0.15, 0.2) is 24.5 Å². The average molecular weight is 221 g/mol. The number of hydrogen-bond donors (Lipinski definition) is 1. The van der Waals surface area contributed by atoms with E-state index in [4.69, 9.17) is 4.74 Å². The number of ether oxygens (including phenoxy) is 1. The molecule has 4 nitrogen and oxygen atoms in total. The van der Waals surface area contributed by atoms with Crippen LogP contribution in [-0.4, -0.2) is 28.3 Å². The first-order valence-corrected chi connectivity index (χ1v) is 5.56. The summed E-state index contributed by atoms with van der Waals surface area (Å²) in [4.78, 5) is 15.5. The summed E-state index contributed by atoms with van der Waals surface area (Å²) in [6, 6.07) is 3.35. The zero-order chi connectivity index (χ0) is 11.4. The largest absolute Gasteiger partial charge is 0.456 e. The van der Waals surface area contributed by atoms with Crippen LogP contribution >= 0.6 is 0 Å². The minimum atomic E-state index is -0.519. The van der Waals surface area contributed by atoms with Gasteiger partial charge in [0.1, 0.15) is 6.10 Å². The van der Waals surface area contributed by atoms with Crippen LogP contribution < -0.4 is 0 Å². The number of carbonyl (C=O) groups excluding carboxylic acids is 1. The van der Waals surface area contributed by atoms with Crippen LogP contribution in [0.3, 0.4) is 0 Å². The van der Waals surface area contributed by atoms with Crippen LogP contribution in [0.25, 0.3) is 0 Å². The Hall–Kier alpha value is -1.42. The van der Waals surface area contributed by atoms with Crippen LogP contribution in [0.4, 0.5) is 0 Å². The Balaban J connectivity index is 1.96. The molecule has 1 aromatic rings. The van der Waals surface area contributed by atoms with E-state index in [1.54, 1.807) is 18.3 Å². The van der Waals surface area contributed by atoms with Crippen molar-refractivity contribution < 1.29 is 14.6 Å². The van der Waals surface area contributed by atoms with Crippen LogP contribution in [0.2, 0.25) is 0 Å². The molecule has 0 aliphatic heterocycles. The van der Waals surface area contributed by atoms with Crippen molar-refractivity contribution in [3.8, 4) is 0 Å². The summed E-state index contributed by atoms with van der Waals surface area (Å²) in [5.41, 5.74) is 0.431. The minimum Gasteiger partial charge on any atom is -0.456 e. The van der Waals surface area contributed by atoms with Crippen LogP contribution in [0, 0.1) is 0 Å². The standard InChI is InChI=1S/C12H15NO3/c14-10-5-1-2-6-11(10)16-12(15)9-4-3-7-13-8-9/h3-4,7-8,10-11,14H,1-2,5-6H2/t10-,11+/m1/s1. The summed E-state index contributed by atoms with van der Waals surface area (Å²) in [7, 11) is 0. The van der Waals surface area contributed by atoms with Crippen molar-refractivity contribution in [2.45, 2.75) is 37.9 Å². The molecule has 0 radical (unpaired) electrons. The van der Waals surface area contributed by atoms with E-state index < -0.39 is 12.1 Å². The van der Waals surface area contributed by atoms with Gasteiger partial charge in [-0.15, -0.1) is 0 Å². The Morgan fingerprint density at radius 3 is 2.94 bits per heavy atom. The lowest BCUT2D eigenvalue weighted by atomic mass is 9.95. The van der Waals surface area contributed by atoms with Gasteiger partial charge in [-0.25, -0.2) is 4.79 Å². The van der Waals surface area contributed by atoms with Crippen molar-refractivity contribution in [1.82, 2.24) is 4.98 Å². The van der Waals surface area contributed by atoms with E-state index in [1.807, 2.05) is 0 Å². The van der Waals surface area contributed by atoms with Crippen molar-refractivity contribution in [2.24, 2.45) is 0 Å². The Labute approximate surface area is 94.3 Å². The molecule has 86 valence electrons. The first-order chi connectivity index (χ1) is 7.77. The Kier molecular flexibility index (Phi) is 3.51. The fourth-order valence-corrected chi connectivity index (χ4v) is 1.90. The minimum absolute atomic E-state index is 0.360.